The molecule has 0 atom stereocenters. The fraction of sp³-hybridized carbons (Fsp3) is 0.900. The third-order valence-corrected chi connectivity index (χ3v) is 3.18. The zero-order chi connectivity index (χ0) is 12.6. The van der Waals surface area contributed by atoms with Gasteiger partial charge < -0.3 is 4.90 Å². The highest BCUT2D eigenvalue weighted by Crippen LogP contribution is 2.34. The van der Waals surface area contributed by atoms with Gasteiger partial charge in [-0.15, -0.1) is 11.6 Å². The van der Waals surface area contributed by atoms with E-state index in [0.29, 0.717) is 12.8 Å². The molecule has 1 rings (SSSR count). The molecule has 1 aliphatic carbocycles. The van der Waals surface area contributed by atoms with Gasteiger partial charge in [-0.1, -0.05) is 0 Å². The molecule has 0 heterocycles. The second kappa shape index (κ2) is 4.43. The number of alkyl halides is 4. The lowest BCUT2D eigenvalue weighted by Crippen LogP contribution is -2.47. The number of hydrogen-bond donors (Lipinski definition) is 0. The summed E-state index contributed by atoms with van der Waals surface area (Å²) in [7, 11) is 0. The van der Waals surface area contributed by atoms with Crippen molar-refractivity contribution in [3.8, 4) is 0 Å². The van der Waals surface area contributed by atoms with E-state index in [1.54, 1.807) is 13.8 Å². The Morgan fingerprint density at radius 3 is 2.19 bits per heavy atom. The molecule has 0 radical (unpaired) electrons. The summed E-state index contributed by atoms with van der Waals surface area (Å²) in [5, 5.41) is 0. The molecule has 16 heavy (non-hydrogen) atoms. The SMILES string of the molecule is CC(C)(CCl)C(=O)N(CC(F)(F)F)C1CC1. The van der Waals surface area contributed by atoms with Gasteiger partial charge in [0.25, 0.3) is 0 Å². The minimum atomic E-state index is -4.35. The fourth-order valence-corrected chi connectivity index (χ4v) is 1.51. The Kier molecular flexibility index (Phi) is 3.77. The molecule has 0 saturated heterocycles. The molecule has 0 aromatic rings. The Bertz CT molecular complexity index is 274. The molecule has 94 valence electrons. The lowest BCUT2D eigenvalue weighted by Gasteiger charge is -2.31. The summed E-state index contributed by atoms with van der Waals surface area (Å²) in [6, 6.07) is -0.253. The first-order valence-corrected chi connectivity index (χ1v) is 5.64. The van der Waals surface area contributed by atoms with E-state index in [4.69, 9.17) is 11.6 Å². The smallest absolute Gasteiger partial charge is 0.330 e. The third-order valence-electron chi connectivity index (χ3n) is 2.51. The normalized spacial score (nSPS) is 17.4. The number of amides is 1. The lowest BCUT2D eigenvalue weighted by atomic mass is 9.94. The molecule has 1 aliphatic rings. The Hall–Kier alpha value is -0.450. The molecule has 0 aromatic heterocycles. The van der Waals surface area contributed by atoms with E-state index in [1.165, 1.54) is 0 Å². The minimum Gasteiger partial charge on any atom is -0.330 e. The summed E-state index contributed by atoms with van der Waals surface area (Å²) in [5.74, 6) is -0.491. The van der Waals surface area contributed by atoms with Crippen LogP contribution in [0.2, 0.25) is 0 Å². The van der Waals surface area contributed by atoms with Crippen molar-refractivity contribution in [1.29, 1.82) is 0 Å². The van der Waals surface area contributed by atoms with Crippen LogP contribution in [0.15, 0.2) is 0 Å². The molecule has 0 unspecified atom stereocenters. The van der Waals surface area contributed by atoms with E-state index < -0.39 is 24.0 Å². The van der Waals surface area contributed by atoms with Gasteiger partial charge >= 0.3 is 6.18 Å². The summed E-state index contributed by atoms with van der Waals surface area (Å²) in [5.41, 5.74) is -0.935. The average Bonchev–Trinajstić information content (AvgIpc) is 2.95. The van der Waals surface area contributed by atoms with Crippen molar-refractivity contribution >= 4 is 17.5 Å². The number of hydrogen-bond acceptors (Lipinski definition) is 1. The van der Waals surface area contributed by atoms with Gasteiger partial charge in [-0.3, -0.25) is 4.79 Å². The van der Waals surface area contributed by atoms with E-state index in [-0.39, 0.29) is 11.9 Å². The first kappa shape index (κ1) is 13.6. The molecular formula is C10H15ClF3NO. The highest BCUT2D eigenvalue weighted by Gasteiger charge is 2.44. The maximum absolute atomic E-state index is 12.3. The molecule has 1 fully saturated rings. The number of nitrogens with zero attached hydrogens (tertiary/aromatic N) is 1. The van der Waals surface area contributed by atoms with Gasteiger partial charge in [-0.2, -0.15) is 13.2 Å². The summed E-state index contributed by atoms with van der Waals surface area (Å²) >= 11 is 5.60. The maximum Gasteiger partial charge on any atom is 0.406 e. The van der Waals surface area contributed by atoms with Crippen molar-refractivity contribution < 1.29 is 18.0 Å². The summed E-state index contributed by atoms with van der Waals surface area (Å²) < 4.78 is 37.0. The second-order valence-electron chi connectivity index (χ2n) is 4.80. The van der Waals surface area contributed by atoms with E-state index >= 15 is 0 Å². The van der Waals surface area contributed by atoms with Crippen LogP contribution < -0.4 is 0 Å². The van der Waals surface area contributed by atoms with E-state index in [1.807, 2.05) is 0 Å². The van der Waals surface area contributed by atoms with Crippen molar-refractivity contribution in [3.63, 3.8) is 0 Å². The molecule has 0 N–H and O–H groups in total. The van der Waals surface area contributed by atoms with E-state index in [2.05, 4.69) is 0 Å². The van der Waals surface area contributed by atoms with Crippen LogP contribution in [-0.4, -0.2) is 35.4 Å². The molecule has 6 heteroatoms. The summed E-state index contributed by atoms with van der Waals surface area (Å²) in [4.78, 5) is 12.8. The van der Waals surface area contributed by atoms with Gasteiger partial charge in [0, 0.05) is 11.9 Å². The van der Waals surface area contributed by atoms with Crippen LogP contribution in [-0.2, 0) is 4.79 Å². The van der Waals surface area contributed by atoms with Crippen molar-refractivity contribution in [2.24, 2.45) is 5.41 Å². The number of carbonyl (C=O) groups is 1. The zero-order valence-electron chi connectivity index (χ0n) is 9.27. The van der Waals surface area contributed by atoms with Crippen LogP contribution in [0.5, 0.6) is 0 Å². The highest BCUT2D eigenvalue weighted by atomic mass is 35.5. The van der Waals surface area contributed by atoms with E-state index in [0.717, 1.165) is 4.90 Å². The molecule has 2 nitrogen and oxygen atoms in total. The zero-order valence-corrected chi connectivity index (χ0v) is 10.0. The van der Waals surface area contributed by atoms with E-state index in [9.17, 15) is 18.0 Å². The van der Waals surface area contributed by atoms with Gasteiger partial charge in [0.05, 0.1) is 5.41 Å². The Labute approximate surface area is 97.7 Å². The predicted molar refractivity (Wildman–Crippen MR) is 55.3 cm³/mol. The summed E-state index contributed by atoms with van der Waals surface area (Å²) in [6.45, 7) is 1.96. The Balaban J connectivity index is 2.74. The number of rotatable bonds is 4. The molecule has 1 saturated carbocycles. The largest absolute Gasteiger partial charge is 0.406 e. The standard InChI is InChI=1S/C10H15ClF3NO/c1-9(2,5-11)8(16)15(7-3-4-7)6-10(12,13)14/h7H,3-6H2,1-2H3. The molecule has 0 spiro atoms. The van der Waals surface area contributed by atoms with Gasteiger partial charge in [0.1, 0.15) is 6.54 Å². The first-order valence-electron chi connectivity index (χ1n) is 5.11. The highest BCUT2D eigenvalue weighted by molar-refractivity contribution is 6.19. The lowest BCUT2D eigenvalue weighted by molar-refractivity contribution is -0.167. The number of halogens is 4. The van der Waals surface area contributed by atoms with Crippen molar-refractivity contribution in [3.05, 3.63) is 0 Å². The fourth-order valence-electron chi connectivity index (χ4n) is 1.39. The third kappa shape index (κ3) is 3.54. The monoisotopic (exact) mass is 257 g/mol. The first-order chi connectivity index (χ1) is 7.17. The van der Waals surface area contributed by atoms with Gasteiger partial charge in [-0.05, 0) is 26.7 Å². The van der Waals surface area contributed by atoms with Crippen LogP contribution in [0.1, 0.15) is 26.7 Å². The Morgan fingerprint density at radius 1 is 1.38 bits per heavy atom. The van der Waals surface area contributed by atoms with Crippen LogP contribution in [0.3, 0.4) is 0 Å². The average molecular weight is 258 g/mol. The van der Waals surface area contributed by atoms with Gasteiger partial charge in [0.15, 0.2) is 0 Å². The molecule has 0 bridgehead atoms. The van der Waals surface area contributed by atoms with Crippen molar-refractivity contribution in [2.75, 3.05) is 12.4 Å². The minimum absolute atomic E-state index is 0.0207. The molecule has 1 amide bonds. The van der Waals surface area contributed by atoms with Gasteiger partial charge in [0.2, 0.25) is 5.91 Å². The van der Waals surface area contributed by atoms with Crippen LogP contribution in [0.4, 0.5) is 13.2 Å². The summed E-state index contributed by atoms with van der Waals surface area (Å²) in [6.07, 6.45) is -3.04. The molecular weight excluding hydrogens is 243 g/mol. The Morgan fingerprint density at radius 2 is 1.88 bits per heavy atom. The predicted octanol–water partition coefficient (Wildman–Crippen LogP) is 2.80. The molecule has 0 aromatic carbocycles. The molecule has 0 aliphatic heterocycles. The van der Waals surface area contributed by atoms with Crippen LogP contribution in [0, 0.1) is 5.41 Å². The second-order valence-corrected chi connectivity index (χ2v) is 5.06. The van der Waals surface area contributed by atoms with Crippen molar-refractivity contribution in [1.82, 2.24) is 4.90 Å². The van der Waals surface area contributed by atoms with Crippen LogP contribution >= 0.6 is 11.6 Å². The van der Waals surface area contributed by atoms with Gasteiger partial charge in [-0.25, -0.2) is 0 Å². The maximum atomic E-state index is 12.3. The van der Waals surface area contributed by atoms with Crippen LogP contribution in [0.25, 0.3) is 0 Å². The topological polar surface area (TPSA) is 20.3 Å². The number of carbonyl (C=O) groups excluding carboxylic acids is 1. The quantitative estimate of drug-likeness (QED) is 0.709. The van der Waals surface area contributed by atoms with Crippen molar-refractivity contribution in [2.45, 2.75) is 38.9 Å².